The molecule has 0 atom stereocenters. The zero-order valence-electron chi connectivity index (χ0n) is 9.17. The zero-order chi connectivity index (χ0) is 10.9. The van der Waals surface area contributed by atoms with E-state index in [1.165, 1.54) is 6.07 Å². The van der Waals surface area contributed by atoms with Crippen molar-refractivity contribution in [2.75, 3.05) is 0 Å². The lowest BCUT2D eigenvalue weighted by molar-refractivity contribution is 0.292. The van der Waals surface area contributed by atoms with Crippen LogP contribution in [-0.4, -0.2) is 6.04 Å². The highest BCUT2D eigenvalue weighted by Gasteiger charge is 2.31. The summed E-state index contributed by atoms with van der Waals surface area (Å²) >= 11 is 0. The van der Waals surface area contributed by atoms with Gasteiger partial charge in [0.15, 0.2) is 0 Å². The Hall–Kier alpha value is -0.890. The van der Waals surface area contributed by atoms with Crippen LogP contribution in [0.3, 0.4) is 0 Å². The van der Waals surface area contributed by atoms with Crippen LogP contribution in [0.25, 0.3) is 0 Å². The summed E-state index contributed by atoms with van der Waals surface area (Å²) < 4.78 is 13.1. The van der Waals surface area contributed by atoms with Crippen molar-refractivity contribution in [3.63, 3.8) is 0 Å². The number of hydrogen-bond acceptors (Lipinski definition) is 1. The average molecular weight is 207 g/mol. The number of benzene rings is 1. The maximum absolute atomic E-state index is 13.1. The van der Waals surface area contributed by atoms with E-state index >= 15 is 0 Å². The van der Waals surface area contributed by atoms with E-state index in [0.29, 0.717) is 6.04 Å². The number of halogens is 1. The molecule has 2 heteroatoms. The van der Waals surface area contributed by atoms with Gasteiger partial charge in [-0.2, -0.15) is 0 Å². The summed E-state index contributed by atoms with van der Waals surface area (Å²) in [4.78, 5) is 0. The highest BCUT2D eigenvalue weighted by Crippen LogP contribution is 2.38. The van der Waals surface area contributed by atoms with Crippen LogP contribution in [-0.2, 0) is 5.41 Å². The summed E-state index contributed by atoms with van der Waals surface area (Å²) in [7, 11) is 0. The molecule has 1 fully saturated rings. The monoisotopic (exact) mass is 207 g/mol. The molecule has 15 heavy (non-hydrogen) atoms. The van der Waals surface area contributed by atoms with Crippen LogP contribution in [0.15, 0.2) is 24.3 Å². The molecule has 1 aromatic rings. The summed E-state index contributed by atoms with van der Waals surface area (Å²) in [5, 5.41) is 0. The Morgan fingerprint density at radius 1 is 1.33 bits per heavy atom. The van der Waals surface area contributed by atoms with Crippen LogP contribution in [0.2, 0.25) is 0 Å². The minimum Gasteiger partial charge on any atom is -0.328 e. The van der Waals surface area contributed by atoms with Crippen molar-refractivity contribution in [2.45, 2.75) is 44.1 Å². The molecule has 0 aromatic heterocycles. The molecule has 0 unspecified atom stereocenters. The lowest BCUT2D eigenvalue weighted by Gasteiger charge is -2.36. The first-order chi connectivity index (χ1) is 7.10. The molecule has 0 heterocycles. The highest BCUT2D eigenvalue weighted by molar-refractivity contribution is 5.26. The fourth-order valence-corrected chi connectivity index (χ4v) is 2.43. The second-order valence-corrected chi connectivity index (χ2v) is 4.91. The number of nitrogens with two attached hydrogens (primary N) is 1. The van der Waals surface area contributed by atoms with Gasteiger partial charge in [-0.15, -0.1) is 0 Å². The summed E-state index contributed by atoms with van der Waals surface area (Å²) in [5.74, 6) is -0.136. The normalized spacial score (nSPS) is 31.5. The summed E-state index contributed by atoms with van der Waals surface area (Å²) in [5.41, 5.74) is 7.13. The smallest absolute Gasteiger partial charge is 0.123 e. The van der Waals surface area contributed by atoms with E-state index in [4.69, 9.17) is 5.73 Å². The minimum absolute atomic E-state index is 0.123. The molecule has 82 valence electrons. The van der Waals surface area contributed by atoms with Gasteiger partial charge in [0, 0.05) is 6.04 Å². The van der Waals surface area contributed by atoms with Crippen molar-refractivity contribution >= 4 is 0 Å². The molecule has 1 aliphatic carbocycles. The minimum atomic E-state index is -0.136. The molecular weight excluding hydrogens is 189 g/mol. The summed E-state index contributed by atoms with van der Waals surface area (Å²) in [6, 6.07) is 7.33. The third-order valence-electron chi connectivity index (χ3n) is 3.66. The second kappa shape index (κ2) is 3.93. The summed E-state index contributed by atoms with van der Waals surface area (Å²) in [6.45, 7) is 2.22. The highest BCUT2D eigenvalue weighted by atomic mass is 19.1. The van der Waals surface area contributed by atoms with Crippen molar-refractivity contribution in [3.8, 4) is 0 Å². The predicted molar refractivity (Wildman–Crippen MR) is 60.2 cm³/mol. The van der Waals surface area contributed by atoms with E-state index < -0.39 is 0 Å². The molecule has 1 nitrogen and oxygen atoms in total. The van der Waals surface area contributed by atoms with E-state index in [9.17, 15) is 4.39 Å². The van der Waals surface area contributed by atoms with Crippen LogP contribution in [0, 0.1) is 5.82 Å². The third-order valence-corrected chi connectivity index (χ3v) is 3.66. The van der Waals surface area contributed by atoms with Crippen molar-refractivity contribution in [1.82, 2.24) is 0 Å². The Morgan fingerprint density at radius 3 is 2.60 bits per heavy atom. The van der Waals surface area contributed by atoms with Gasteiger partial charge in [-0.3, -0.25) is 0 Å². The van der Waals surface area contributed by atoms with Gasteiger partial charge in [-0.1, -0.05) is 19.1 Å². The van der Waals surface area contributed by atoms with E-state index in [1.807, 2.05) is 6.07 Å². The molecule has 0 saturated heterocycles. The maximum Gasteiger partial charge on any atom is 0.123 e. The molecule has 1 aliphatic rings. The third kappa shape index (κ3) is 2.20. The Balaban J connectivity index is 2.22. The van der Waals surface area contributed by atoms with Gasteiger partial charge in [0.05, 0.1) is 0 Å². The maximum atomic E-state index is 13.1. The van der Waals surface area contributed by atoms with E-state index in [0.717, 1.165) is 31.2 Å². The average Bonchev–Trinajstić information content (AvgIpc) is 2.23. The van der Waals surface area contributed by atoms with Gasteiger partial charge in [0.2, 0.25) is 0 Å². The van der Waals surface area contributed by atoms with Crippen molar-refractivity contribution in [1.29, 1.82) is 0 Å². The van der Waals surface area contributed by atoms with Crippen LogP contribution in [0.4, 0.5) is 4.39 Å². The van der Waals surface area contributed by atoms with Crippen molar-refractivity contribution in [2.24, 2.45) is 5.73 Å². The Bertz CT molecular complexity index is 340. The van der Waals surface area contributed by atoms with Crippen LogP contribution in [0.1, 0.15) is 38.2 Å². The van der Waals surface area contributed by atoms with E-state index in [-0.39, 0.29) is 11.2 Å². The second-order valence-electron chi connectivity index (χ2n) is 4.91. The molecule has 0 amide bonds. The van der Waals surface area contributed by atoms with Crippen LogP contribution < -0.4 is 5.73 Å². The molecule has 0 spiro atoms. The molecule has 2 N–H and O–H groups in total. The van der Waals surface area contributed by atoms with Gasteiger partial charge in [0.25, 0.3) is 0 Å². The van der Waals surface area contributed by atoms with Gasteiger partial charge in [-0.05, 0) is 48.8 Å². The quantitative estimate of drug-likeness (QED) is 0.752. The van der Waals surface area contributed by atoms with Gasteiger partial charge < -0.3 is 5.73 Å². The fourth-order valence-electron chi connectivity index (χ4n) is 2.43. The Morgan fingerprint density at radius 2 is 2.00 bits per heavy atom. The molecule has 2 rings (SSSR count). The first-order valence-corrected chi connectivity index (χ1v) is 5.62. The fraction of sp³-hybridized carbons (Fsp3) is 0.538. The topological polar surface area (TPSA) is 26.0 Å². The molecule has 1 saturated carbocycles. The lowest BCUT2D eigenvalue weighted by Crippen LogP contribution is -2.34. The molecule has 0 bridgehead atoms. The summed E-state index contributed by atoms with van der Waals surface area (Å²) in [6.07, 6.45) is 4.23. The van der Waals surface area contributed by atoms with E-state index in [1.54, 1.807) is 12.1 Å². The first kappa shape index (κ1) is 10.6. The Labute approximate surface area is 90.5 Å². The molecule has 1 aromatic carbocycles. The van der Waals surface area contributed by atoms with Crippen molar-refractivity contribution in [3.05, 3.63) is 35.6 Å². The SMILES string of the molecule is C[C@]1(c2cccc(F)c2)CC[C@@H](N)CC1. The predicted octanol–water partition coefficient (Wildman–Crippen LogP) is 2.98. The van der Waals surface area contributed by atoms with Gasteiger partial charge >= 0.3 is 0 Å². The first-order valence-electron chi connectivity index (χ1n) is 5.62. The Kier molecular flexibility index (Phi) is 2.79. The van der Waals surface area contributed by atoms with Crippen LogP contribution >= 0.6 is 0 Å². The molecule has 0 aliphatic heterocycles. The standard InChI is InChI=1S/C13H18FN/c1-13(7-5-12(15)6-8-13)10-3-2-4-11(14)9-10/h2-4,9,12H,5-8,15H2,1H3/t12-,13+. The van der Waals surface area contributed by atoms with E-state index in [2.05, 4.69) is 6.92 Å². The largest absolute Gasteiger partial charge is 0.328 e. The molecular formula is C13H18FN. The van der Waals surface area contributed by atoms with Crippen LogP contribution in [0.5, 0.6) is 0 Å². The van der Waals surface area contributed by atoms with Crippen molar-refractivity contribution < 1.29 is 4.39 Å². The molecule has 0 radical (unpaired) electrons. The van der Waals surface area contributed by atoms with Gasteiger partial charge in [0.1, 0.15) is 5.82 Å². The van der Waals surface area contributed by atoms with Gasteiger partial charge in [-0.25, -0.2) is 4.39 Å². The number of hydrogen-bond donors (Lipinski definition) is 1. The zero-order valence-corrected chi connectivity index (χ0v) is 9.17. The lowest BCUT2D eigenvalue weighted by atomic mass is 9.70. The number of rotatable bonds is 1.